The first-order valence-corrected chi connectivity index (χ1v) is 18.3. The monoisotopic (exact) mass is 803 g/mol. The van der Waals surface area contributed by atoms with Crippen molar-refractivity contribution in [2.45, 2.75) is 123 Å². The van der Waals surface area contributed by atoms with Crippen LogP contribution < -0.4 is 14.9 Å². The third-order valence-corrected chi connectivity index (χ3v) is 7.33. The molecule has 0 heterocycles. The van der Waals surface area contributed by atoms with Gasteiger partial charge in [-0.2, -0.15) is 0 Å². The summed E-state index contributed by atoms with van der Waals surface area (Å²) in [7, 11) is 1.63. The smallest absolute Gasteiger partial charge is 0.550 e. The topological polar surface area (TPSA) is 155 Å². The molecule has 1 radical (unpaired) electrons. The first-order chi connectivity index (χ1) is 24.5. The van der Waals surface area contributed by atoms with Crippen LogP contribution in [-0.2, 0) is 52.1 Å². The number of benzene rings is 3. The molecule has 55 heavy (non-hydrogen) atoms. The number of aromatic hydroxyl groups is 2. The molecule has 3 rings (SSSR count). The molecule has 0 saturated carbocycles. The number of aliphatic imine (C=N–C) groups is 2. The van der Waals surface area contributed by atoms with Crippen molar-refractivity contribution >= 4 is 35.7 Å². The number of carboxylic acids is 2. The number of methoxy groups -OCH3 is 1. The van der Waals surface area contributed by atoms with Crippen molar-refractivity contribution in [2.75, 3.05) is 7.11 Å². The van der Waals surface area contributed by atoms with E-state index in [0.717, 1.165) is 50.7 Å². The van der Waals surface area contributed by atoms with E-state index in [2.05, 4.69) is 95.2 Å². The predicted octanol–water partition coefficient (Wildman–Crippen LogP) is 8.47. The molecule has 0 bridgehead atoms. The van der Waals surface area contributed by atoms with E-state index in [1.165, 1.54) is 11.1 Å². The Hall–Kier alpha value is -4.15. The van der Waals surface area contributed by atoms with Gasteiger partial charge < -0.3 is 34.8 Å². The van der Waals surface area contributed by atoms with E-state index in [-0.39, 0.29) is 49.9 Å². The Balaban J connectivity index is 0.00000294. The Labute approximate surface area is 340 Å². The summed E-state index contributed by atoms with van der Waals surface area (Å²) in [5.74, 6) is -0.981. The molecule has 0 aliphatic heterocycles. The standard InChI is InChI=1S/C41H58N2O3.2C2H4O2.Co/c1-38(2,3)21-27-16-29(23-40(7,8)9)36(44)31(18-27)25-42-34-15-14-33(46-13)20-35(34)43-26-32-19-28(22-39(4,5)6)17-30(37(32)45)24-41(10,11)12;2*1-2(3)4;/h14-20,25-26,44-45H,21-24H2,1-13H3;2*1H3,(H,3,4);/q;;;+2/p-2. The van der Waals surface area contributed by atoms with E-state index in [9.17, 15) is 10.2 Å². The van der Waals surface area contributed by atoms with Gasteiger partial charge in [0.05, 0.1) is 18.5 Å². The van der Waals surface area contributed by atoms with Crippen LogP contribution in [0.2, 0.25) is 0 Å². The zero-order chi connectivity index (χ0) is 41.8. The fraction of sp³-hybridized carbons (Fsp3) is 0.511. The number of carbonyl (C=O) groups is 2. The maximum Gasteiger partial charge on any atom is 2.00 e. The van der Waals surface area contributed by atoms with Crippen LogP contribution in [0.1, 0.15) is 130 Å². The number of ether oxygens (including phenoxy) is 1. The van der Waals surface area contributed by atoms with Crippen molar-refractivity contribution in [1.82, 2.24) is 0 Å². The second kappa shape index (κ2) is 21.2. The Morgan fingerprint density at radius 1 is 0.600 bits per heavy atom. The summed E-state index contributed by atoms with van der Waals surface area (Å²) in [5.41, 5.74) is 7.05. The first kappa shape index (κ1) is 50.8. The van der Waals surface area contributed by atoms with Crippen molar-refractivity contribution in [3.05, 3.63) is 75.8 Å². The third kappa shape index (κ3) is 21.5. The van der Waals surface area contributed by atoms with Crippen LogP contribution in [0.15, 0.2) is 52.4 Å². The number of hydrogen-bond acceptors (Lipinski definition) is 9. The summed E-state index contributed by atoms with van der Waals surface area (Å²) >= 11 is 0. The van der Waals surface area contributed by atoms with Crippen molar-refractivity contribution < 1.29 is 51.5 Å². The van der Waals surface area contributed by atoms with Crippen molar-refractivity contribution in [1.29, 1.82) is 0 Å². The van der Waals surface area contributed by atoms with Gasteiger partial charge in [-0.15, -0.1) is 0 Å². The normalized spacial score (nSPS) is 12.0. The molecule has 10 heteroatoms. The molecule has 0 saturated heterocycles. The molecule has 0 aliphatic rings. The molecule has 305 valence electrons. The number of carboxylic acid groups (broad SMARTS) is 2. The largest absolute Gasteiger partial charge is 2.00 e. The van der Waals surface area contributed by atoms with Gasteiger partial charge in [0, 0.05) is 41.6 Å². The van der Waals surface area contributed by atoms with Gasteiger partial charge in [0.1, 0.15) is 17.2 Å². The minimum atomic E-state index is -1.08. The van der Waals surface area contributed by atoms with Crippen molar-refractivity contribution in [3.63, 3.8) is 0 Å². The molecule has 0 unspecified atom stereocenters. The van der Waals surface area contributed by atoms with Crippen LogP contribution in [-0.4, -0.2) is 41.7 Å². The minimum Gasteiger partial charge on any atom is -0.550 e. The van der Waals surface area contributed by atoms with Gasteiger partial charge >= 0.3 is 16.8 Å². The summed E-state index contributed by atoms with van der Waals surface area (Å²) in [4.78, 5) is 27.5. The molecule has 3 aromatic rings. The molecule has 0 fully saturated rings. The van der Waals surface area contributed by atoms with Crippen LogP contribution in [0, 0.1) is 21.7 Å². The van der Waals surface area contributed by atoms with E-state index in [0.29, 0.717) is 28.3 Å². The van der Waals surface area contributed by atoms with E-state index in [1.54, 1.807) is 19.5 Å². The summed E-state index contributed by atoms with van der Waals surface area (Å²) in [6, 6.07) is 13.9. The number of phenolic OH excluding ortho intramolecular Hbond substituents is 2. The second-order valence-corrected chi connectivity index (χ2v) is 18.7. The second-order valence-electron chi connectivity index (χ2n) is 18.7. The quantitative estimate of drug-likeness (QED) is 0.206. The van der Waals surface area contributed by atoms with Gasteiger partial charge in [0.2, 0.25) is 0 Å². The zero-order valence-corrected chi connectivity index (χ0v) is 36.7. The summed E-state index contributed by atoms with van der Waals surface area (Å²) in [5, 5.41) is 40.5. The predicted molar refractivity (Wildman–Crippen MR) is 218 cm³/mol. The van der Waals surface area contributed by atoms with E-state index < -0.39 is 11.9 Å². The molecule has 0 aliphatic carbocycles. The molecular weight excluding hydrogens is 739 g/mol. The van der Waals surface area contributed by atoms with Crippen molar-refractivity contribution in [2.24, 2.45) is 31.6 Å². The van der Waals surface area contributed by atoms with E-state index in [4.69, 9.17) is 34.5 Å². The fourth-order valence-electron chi connectivity index (χ4n) is 5.73. The van der Waals surface area contributed by atoms with Gasteiger partial charge in [-0.1, -0.05) is 95.2 Å². The third-order valence-electron chi connectivity index (χ3n) is 7.33. The molecule has 9 nitrogen and oxygen atoms in total. The molecule has 0 aromatic heterocycles. The van der Waals surface area contributed by atoms with Gasteiger partial charge in [0.25, 0.3) is 0 Å². The van der Waals surface area contributed by atoms with Gasteiger partial charge in [0.15, 0.2) is 0 Å². The summed E-state index contributed by atoms with van der Waals surface area (Å²) in [6.07, 6.45) is 6.74. The first-order valence-electron chi connectivity index (χ1n) is 18.3. The summed E-state index contributed by atoms with van der Waals surface area (Å²) in [6.45, 7) is 28.4. The number of phenols is 2. The maximum atomic E-state index is 11.3. The molecule has 0 atom stereocenters. The Kier molecular flexibility index (Phi) is 19.6. The molecule has 3 aromatic carbocycles. The van der Waals surface area contributed by atoms with Crippen LogP contribution in [0.4, 0.5) is 11.4 Å². The Bertz CT molecular complexity index is 1770. The van der Waals surface area contributed by atoms with Crippen LogP contribution in [0.5, 0.6) is 17.2 Å². The SMILES string of the molecule is CC(=O)[O-].CC(=O)[O-].COc1ccc(N=Cc2cc(CC(C)(C)C)cc(CC(C)(C)C)c2O)c(N=Cc2cc(CC(C)(C)C)cc(CC(C)(C)C)c2O)c1.[Co+2]. The fourth-order valence-corrected chi connectivity index (χ4v) is 5.73. The average Bonchev–Trinajstić information content (AvgIpc) is 2.95. The van der Waals surface area contributed by atoms with Gasteiger partial charge in [-0.25, -0.2) is 0 Å². The molecule has 0 amide bonds. The van der Waals surface area contributed by atoms with Crippen molar-refractivity contribution in [3.8, 4) is 17.2 Å². The number of carbonyl (C=O) groups excluding carboxylic acids is 2. The molecule has 2 N–H and O–H groups in total. The van der Waals surface area contributed by atoms with Crippen LogP contribution in [0.3, 0.4) is 0 Å². The number of hydrogen-bond donors (Lipinski definition) is 2. The van der Waals surface area contributed by atoms with E-state index >= 15 is 0 Å². The zero-order valence-electron chi connectivity index (χ0n) is 35.7. The van der Waals surface area contributed by atoms with Gasteiger partial charge in [-0.05, 0) is 108 Å². The van der Waals surface area contributed by atoms with E-state index in [1.807, 2.05) is 30.3 Å². The van der Waals surface area contributed by atoms with Gasteiger partial charge in [-0.3, -0.25) is 9.98 Å². The number of aliphatic carboxylic acids is 2. The Morgan fingerprint density at radius 3 is 1.24 bits per heavy atom. The Morgan fingerprint density at radius 2 is 0.927 bits per heavy atom. The maximum absolute atomic E-state index is 11.3. The number of rotatable bonds is 9. The van der Waals surface area contributed by atoms with Crippen LogP contribution >= 0.6 is 0 Å². The average molecular weight is 804 g/mol. The molecular formula is C45H64CoN2O7. The summed E-state index contributed by atoms with van der Waals surface area (Å²) < 4.78 is 5.52. The van der Waals surface area contributed by atoms with Crippen LogP contribution in [0.25, 0.3) is 0 Å². The molecule has 0 spiro atoms. The minimum absolute atomic E-state index is 0. The number of nitrogens with zero attached hydrogens (tertiary/aromatic N) is 2.